The first-order valence-electron chi connectivity index (χ1n) is 10.3. The predicted octanol–water partition coefficient (Wildman–Crippen LogP) is 2.19. The van der Waals surface area contributed by atoms with E-state index in [0.717, 1.165) is 41.0 Å². The maximum Gasteiger partial charge on any atom is 0.279 e. The summed E-state index contributed by atoms with van der Waals surface area (Å²) in [5, 5.41) is 4.66. The molecule has 0 atom stereocenters. The molecule has 1 saturated carbocycles. The third-order valence-electron chi connectivity index (χ3n) is 6.35. The van der Waals surface area contributed by atoms with Crippen LogP contribution >= 0.6 is 11.3 Å². The lowest BCUT2D eigenvalue weighted by Crippen LogP contribution is -2.41. The van der Waals surface area contributed by atoms with E-state index in [1.807, 2.05) is 0 Å². The van der Waals surface area contributed by atoms with Crippen molar-refractivity contribution >= 4 is 37.6 Å². The van der Waals surface area contributed by atoms with Crippen LogP contribution in [0.1, 0.15) is 43.0 Å². The third kappa shape index (κ3) is 4.13. The zero-order valence-corrected chi connectivity index (χ0v) is 18.9. The second kappa shape index (κ2) is 8.43. The summed E-state index contributed by atoms with van der Waals surface area (Å²) in [5.41, 5.74) is 1.05. The fourth-order valence-corrected chi connectivity index (χ4v) is 6.47. The van der Waals surface area contributed by atoms with Gasteiger partial charge in [0.25, 0.3) is 10.2 Å². The number of nitrogens with zero attached hydrogens (tertiary/aromatic N) is 4. The standard InChI is InChI=1S/C19H30N6O2S2/c1-4-24(3)14-7-5-13(6-8-14)23-18-17-15-11-25(29(26,27)20-2)10-9-16(15)28-19(17)22-12-21-18/h12-14,20H,4-11H2,1-3H3,(H,21,22,23)/t13-,14-. The first-order valence-corrected chi connectivity index (χ1v) is 12.6. The second-order valence-corrected chi connectivity index (χ2v) is 10.9. The molecule has 3 heterocycles. The van der Waals surface area contributed by atoms with Crippen molar-refractivity contribution < 1.29 is 8.42 Å². The van der Waals surface area contributed by atoms with Gasteiger partial charge in [-0.05, 0) is 51.3 Å². The van der Waals surface area contributed by atoms with Crippen molar-refractivity contribution in [3.05, 3.63) is 16.8 Å². The molecule has 29 heavy (non-hydrogen) atoms. The summed E-state index contributed by atoms with van der Waals surface area (Å²) < 4.78 is 28.5. The Bertz CT molecular complexity index is 968. The van der Waals surface area contributed by atoms with E-state index in [1.54, 1.807) is 17.7 Å². The molecule has 2 N–H and O–H groups in total. The van der Waals surface area contributed by atoms with Crippen LogP contribution in [-0.4, -0.2) is 66.9 Å². The lowest BCUT2D eigenvalue weighted by Gasteiger charge is -2.34. The SMILES string of the molecule is CCN(C)[C@H]1CC[C@H](Nc2ncnc3sc4c(c23)CN(S(=O)(=O)NC)CC4)CC1. The van der Waals surface area contributed by atoms with Crippen LogP contribution < -0.4 is 10.0 Å². The Hall–Kier alpha value is -1.33. The van der Waals surface area contributed by atoms with E-state index in [4.69, 9.17) is 0 Å². The van der Waals surface area contributed by atoms with Gasteiger partial charge in [0, 0.05) is 37.1 Å². The molecule has 4 rings (SSSR count). The molecule has 2 aromatic rings. The van der Waals surface area contributed by atoms with Crippen LogP contribution in [-0.2, 0) is 23.2 Å². The molecule has 0 amide bonds. The van der Waals surface area contributed by atoms with Crippen molar-refractivity contribution in [2.45, 2.75) is 57.7 Å². The molecule has 0 spiro atoms. The van der Waals surface area contributed by atoms with Gasteiger partial charge in [0.1, 0.15) is 17.0 Å². The number of nitrogens with one attached hydrogen (secondary N) is 2. The molecular weight excluding hydrogens is 408 g/mol. The molecule has 0 unspecified atom stereocenters. The van der Waals surface area contributed by atoms with Gasteiger partial charge in [-0.1, -0.05) is 6.92 Å². The first-order chi connectivity index (χ1) is 13.9. The number of aromatic nitrogens is 2. The highest BCUT2D eigenvalue weighted by Gasteiger charge is 2.30. The lowest BCUT2D eigenvalue weighted by molar-refractivity contribution is 0.194. The minimum absolute atomic E-state index is 0.370. The number of fused-ring (bicyclic) bond motifs is 3. The van der Waals surface area contributed by atoms with E-state index >= 15 is 0 Å². The topological polar surface area (TPSA) is 90.5 Å². The first kappa shape index (κ1) is 20.9. The Labute approximate surface area is 176 Å². The summed E-state index contributed by atoms with van der Waals surface area (Å²) in [6, 6.07) is 1.06. The average Bonchev–Trinajstić information content (AvgIpc) is 3.12. The molecule has 1 aliphatic carbocycles. The van der Waals surface area contributed by atoms with Crippen LogP contribution in [0.15, 0.2) is 6.33 Å². The number of anilines is 1. The Morgan fingerprint density at radius 3 is 2.72 bits per heavy atom. The van der Waals surface area contributed by atoms with Gasteiger partial charge < -0.3 is 10.2 Å². The lowest BCUT2D eigenvalue weighted by atomic mass is 9.90. The van der Waals surface area contributed by atoms with Gasteiger partial charge in [-0.2, -0.15) is 12.7 Å². The summed E-state index contributed by atoms with van der Waals surface area (Å²) in [6.07, 6.45) is 6.94. The van der Waals surface area contributed by atoms with E-state index in [2.05, 4.69) is 38.9 Å². The van der Waals surface area contributed by atoms with Gasteiger partial charge >= 0.3 is 0 Å². The van der Waals surface area contributed by atoms with Crippen molar-refractivity contribution in [3.63, 3.8) is 0 Å². The van der Waals surface area contributed by atoms with Crippen LogP contribution in [0.25, 0.3) is 10.2 Å². The minimum atomic E-state index is -3.45. The fourth-order valence-electron chi connectivity index (χ4n) is 4.44. The second-order valence-electron chi connectivity index (χ2n) is 7.92. The Morgan fingerprint density at radius 2 is 2.03 bits per heavy atom. The van der Waals surface area contributed by atoms with Gasteiger partial charge in [-0.15, -0.1) is 11.3 Å². The summed E-state index contributed by atoms with van der Waals surface area (Å²) in [5.74, 6) is 0.850. The normalized spacial score (nSPS) is 23.4. The van der Waals surface area contributed by atoms with E-state index in [9.17, 15) is 8.42 Å². The number of thiophene rings is 1. The number of rotatable bonds is 6. The van der Waals surface area contributed by atoms with Crippen molar-refractivity contribution in [2.24, 2.45) is 0 Å². The monoisotopic (exact) mass is 438 g/mol. The van der Waals surface area contributed by atoms with Crippen LogP contribution in [0.4, 0.5) is 5.82 Å². The molecule has 2 aromatic heterocycles. The molecule has 0 radical (unpaired) electrons. The fraction of sp³-hybridized carbons (Fsp3) is 0.684. The smallest absolute Gasteiger partial charge is 0.279 e. The van der Waals surface area contributed by atoms with Gasteiger partial charge in [-0.25, -0.2) is 14.7 Å². The Morgan fingerprint density at radius 1 is 1.28 bits per heavy atom. The molecule has 160 valence electrons. The van der Waals surface area contributed by atoms with Crippen LogP contribution in [0.3, 0.4) is 0 Å². The van der Waals surface area contributed by atoms with Crippen LogP contribution in [0.5, 0.6) is 0 Å². The largest absolute Gasteiger partial charge is 0.367 e. The third-order valence-corrected chi connectivity index (χ3v) is 9.06. The van der Waals surface area contributed by atoms with Crippen LogP contribution in [0, 0.1) is 0 Å². The summed E-state index contributed by atoms with van der Waals surface area (Å²) in [4.78, 5) is 13.6. The van der Waals surface area contributed by atoms with E-state index in [0.29, 0.717) is 31.6 Å². The average molecular weight is 439 g/mol. The highest BCUT2D eigenvalue weighted by atomic mass is 32.2. The minimum Gasteiger partial charge on any atom is -0.367 e. The number of hydrogen-bond donors (Lipinski definition) is 2. The number of hydrogen-bond acceptors (Lipinski definition) is 7. The van der Waals surface area contributed by atoms with Gasteiger partial charge in [0.05, 0.1) is 5.39 Å². The van der Waals surface area contributed by atoms with Gasteiger partial charge in [0.2, 0.25) is 0 Å². The summed E-state index contributed by atoms with van der Waals surface area (Å²) >= 11 is 1.66. The van der Waals surface area contributed by atoms with Crippen molar-refractivity contribution in [1.29, 1.82) is 0 Å². The maximum atomic E-state index is 12.3. The zero-order valence-electron chi connectivity index (χ0n) is 17.3. The van der Waals surface area contributed by atoms with Gasteiger partial charge in [-0.3, -0.25) is 0 Å². The molecule has 0 saturated heterocycles. The predicted molar refractivity (Wildman–Crippen MR) is 117 cm³/mol. The molecule has 0 aromatic carbocycles. The van der Waals surface area contributed by atoms with Crippen molar-refractivity contribution in [3.8, 4) is 0 Å². The van der Waals surface area contributed by atoms with E-state index < -0.39 is 10.2 Å². The molecule has 10 heteroatoms. The van der Waals surface area contributed by atoms with Crippen molar-refractivity contribution in [1.82, 2.24) is 23.9 Å². The molecular formula is C19H30N6O2S2. The summed E-state index contributed by atoms with van der Waals surface area (Å²) in [7, 11) is 0.215. The molecule has 1 fully saturated rings. The Kier molecular flexibility index (Phi) is 6.08. The molecule has 0 bridgehead atoms. The molecule has 2 aliphatic rings. The maximum absolute atomic E-state index is 12.3. The summed E-state index contributed by atoms with van der Waals surface area (Å²) in [6.45, 7) is 4.16. The van der Waals surface area contributed by atoms with Crippen molar-refractivity contribution in [2.75, 3.05) is 32.5 Å². The highest BCUT2D eigenvalue weighted by Crippen LogP contribution is 2.38. The van der Waals surface area contributed by atoms with Crippen LogP contribution in [0.2, 0.25) is 0 Å². The van der Waals surface area contributed by atoms with E-state index in [1.165, 1.54) is 29.1 Å². The van der Waals surface area contributed by atoms with E-state index in [-0.39, 0.29) is 0 Å². The molecule has 1 aliphatic heterocycles. The molecule has 8 nitrogen and oxygen atoms in total. The Balaban J connectivity index is 1.57. The quantitative estimate of drug-likeness (QED) is 0.719. The zero-order chi connectivity index (χ0) is 20.6. The van der Waals surface area contributed by atoms with Gasteiger partial charge in [0.15, 0.2) is 0 Å². The highest BCUT2D eigenvalue weighted by molar-refractivity contribution is 7.87.